The lowest BCUT2D eigenvalue weighted by atomic mass is 10.1. The Kier molecular flexibility index (Phi) is 6.34. The average Bonchev–Trinajstić information content (AvgIpc) is 3.17. The number of amides is 1. The highest BCUT2D eigenvalue weighted by molar-refractivity contribution is 6.30. The fourth-order valence-electron chi connectivity index (χ4n) is 2.60. The Morgan fingerprint density at radius 2 is 1.93 bits per heavy atom. The SMILES string of the molecule is COc1ccc(CC(=O)N/N=C\c2ccc(-c3cccc(Cl)c3)o2)cc1OC. The molecule has 0 radical (unpaired) electrons. The van der Waals surface area contributed by atoms with Crippen LogP contribution in [0.4, 0.5) is 0 Å². The lowest BCUT2D eigenvalue weighted by Crippen LogP contribution is -2.19. The van der Waals surface area contributed by atoms with Crippen molar-refractivity contribution in [1.82, 2.24) is 5.43 Å². The van der Waals surface area contributed by atoms with Crippen LogP contribution in [0.25, 0.3) is 11.3 Å². The Balaban J connectivity index is 1.58. The Hall–Kier alpha value is -3.25. The van der Waals surface area contributed by atoms with E-state index < -0.39 is 0 Å². The van der Waals surface area contributed by atoms with Gasteiger partial charge in [0.25, 0.3) is 0 Å². The molecule has 28 heavy (non-hydrogen) atoms. The second-order valence-corrected chi connectivity index (χ2v) is 6.31. The smallest absolute Gasteiger partial charge is 0.244 e. The van der Waals surface area contributed by atoms with E-state index in [2.05, 4.69) is 10.5 Å². The Morgan fingerprint density at radius 1 is 1.11 bits per heavy atom. The van der Waals surface area contributed by atoms with E-state index in [1.165, 1.54) is 6.21 Å². The molecule has 0 aliphatic heterocycles. The summed E-state index contributed by atoms with van der Waals surface area (Å²) in [4.78, 5) is 12.1. The minimum Gasteiger partial charge on any atom is -0.493 e. The molecule has 3 aromatic rings. The summed E-state index contributed by atoms with van der Waals surface area (Å²) in [6, 6.07) is 16.2. The lowest BCUT2D eigenvalue weighted by molar-refractivity contribution is -0.120. The summed E-state index contributed by atoms with van der Waals surface area (Å²) in [5.74, 6) is 2.10. The maximum atomic E-state index is 12.1. The molecule has 144 valence electrons. The molecule has 0 aliphatic rings. The lowest BCUT2D eigenvalue weighted by Gasteiger charge is -2.09. The van der Waals surface area contributed by atoms with Crippen LogP contribution in [-0.2, 0) is 11.2 Å². The molecule has 3 rings (SSSR count). The molecule has 1 heterocycles. The predicted molar refractivity (Wildman–Crippen MR) is 108 cm³/mol. The Labute approximate surface area is 167 Å². The number of ether oxygens (including phenoxy) is 2. The third-order valence-electron chi connectivity index (χ3n) is 3.93. The van der Waals surface area contributed by atoms with Gasteiger partial charge < -0.3 is 13.9 Å². The monoisotopic (exact) mass is 398 g/mol. The van der Waals surface area contributed by atoms with Gasteiger partial charge in [0.2, 0.25) is 5.91 Å². The number of methoxy groups -OCH3 is 2. The first kappa shape index (κ1) is 19.5. The molecule has 0 atom stereocenters. The van der Waals surface area contributed by atoms with Gasteiger partial charge >= 0.3 is 0 Å². The highest BCUT2D eigenvalue weighted by Gasteiger charge is 2.08. The number of rotatable bonds is 7. The second-order valence-electron chi connectivity index (χ2n) is 5.87. The molecule has 6 nitrogen and oxygen atoms in total. The summed E-state index contributed by atoms with van der Waals surface area (Å²) in [6.45, 7) is 0. The van der Waals surface area contributed by atoms with Gasteiger partial charge in [-0.3, -0.25) is 4.79 Å². The van der Waals surface area contributed by atoms with Crippen molar-refractivity contribution < 1.29 is 18.7 Å². The number of furan rings is 1. The van der Waals surface area contributed by atoms with Gasteiger partial charge in [-0.1, -0.05) is 29.8 Å². The third-order valence-corrected chi connectivity index (χ3v) is 4.16. The van der Waals surface area contributed by atoms with Crippen molar-refractivity contribution in [3.63, 3.8) is 0 Å². The van der Waals surface area contributed by atoms with Crippen molar-refractivity contribution in [2.45, 2.75) is 6.42 Å². The van der Waals surface area contributed by atoms with E-state index in [1.54, 1.807) is 44.6 Å². The van der Waals surface area contributed by atoms with E-state index in [4.69, 9.17) is 25.5 Å². The number of hydrogen-bond donors (Lipinski definition) is 1. The van der Waals surface area contributed by atoms with Gasteiger partial charge in [-0.2, -0.15) is 5.10 Å². The molecule has 1 amide bonds. The quantitative estimate of drug-likeness (QED) is 0.475. The van der Waals surface area contributed by atoms with Crippen molar-refractivity contribution in [3.05, 3.63) is 70.9 Å². The molecule has 1 aromatic heterocycles. The zero-order valence-electron chi connectivity index (χ0n) is 15.4. The number of benzene rings is 2. The first-order valence-corrected chi connectivity index (χ1v) is 8.85. The van der Waals surface area contributed by atoms with Crippen molar-refractivity contribution in [1.29, 1.82) is 0 Å². The van der Waals surface area contributed by atoms with Crippen molar-refractivity contribution in [2.75, 3.05) is 14.2 Å². The normalized spacial score (nSPS) is 10.8. The highest BCUT2D eigenvalue weighted by atomic mass is 35.5. The van der Waals surface area contributed by atoms with Crippen LogP contribution in [0, 0.1) is 0 Å². The number of carbonyl (C=O) groups excluding carboxylic acids is 1. The largest absolute Gasteiger partial charge is 0.493 e. The topological polar surface area (TPSA) is 73.1 Å². The number of nitrogens with one attached hydrogen (secondary N) is 1. The summed E-state index contributed by atoms with van der Waals surface area (Å²) in [5, 5.41) is 4.57. The fourth-order valence-corrected chi connectivity index (χ4v) is 2.79. The van der Waals surface area contributed by atoms with Crippen LogP contribution in [-0.4, -0.2) is 26.3 Å². The third kappa shape index (κ3) is 4.92. The van der Waals surface area contributed by atoms with Crippen molar-refractivity contribution in [2.24, 2.45) is 5.10 Å². The van der Waals surface area contributed by atoms with E-state index in [0.717, 1.165) is 11.1 Å². The summed E-state index contributed by atoms with van der Waals surface area (Å²) in [7, 11) is 3.11. The standard InChI is InChI=1S/C21H19ClN2O4/c1-26-19-8-6-14(10-20(19)27-2)11-21(25)24-23-13-17-7-9-18(28-17)15-4-3-5-16(22)12-15/h3-10,12-13H,11H2,1-2H3,(H,24,25)/b23-13-. The van der Waals surface area contributed by atoms with Crippen LogP contribution in [0.2, 0.25) is 5.02 Å². The van der Waals surface area contributed by atoms with Crippen LogP contribution < -0.4 is 14.9 Å². The molecule has 7 heteroatoms. The number of halogens is 1. The predicted octanol–water partition coefficient (Wildman–Crippen LogP) is 4.31. The minimum absolute atomic E-state index is 0.156. The van der Waals surface area contributed by atoms with Crippen LogP contribution >= 0.6 is 11.6 Å². The highest BCUT2D eigenvalue weighted by Crippen LogP contribution is 2.27. The van der Waals surface area contributed by atoms with E-state index in [9.17, 15) is 4.79 Å². The zero-order chi connectivity index (χ0) is 19.9. The molecular weight excluding hydrogens is 380 g/mol. The Morgan fingerprint density at radius 3 is 2.68 bits per heavy atom. The van der Waals surface area contributed by atoms with Gasteiger partial charge in [0.15, 0.2) is 11.5 Å². The summed E-state index contributed by atoms with van der Waals surface area (Å²) >= 11 is 5.99. The van der Waals surface area contributed by atoms with Crippen molar-refractivity contribution >= 4 is 23.7 Å². The molecular formula is C21H19ClN2O4. The molecule has 1 N–H and O–H groups in total. The minimum atomic E-state index is -0.259. The van der Waals surface area contributed by atoms with Gasteiger partial charge in [0.1, 0.15) is 11.5 Å². The van der Waals surface area contributed by atoms with Crippen molar-refractivity contribution in [3.8, 4) is 22.8 Å². The van der Waals surface area contributed by atoms with Gasteiger partial charge in [-0.05, 0) is 42.0 Å². The van der Waals surface area contributed by atoms with E-state index in [-0.39, 0.29) is 12.3 Å². The summed E-state index contributed by atoms with van der Waals surface area (Å²) in [6.07, 6.45) is 1.60. The van der Waals surface area contributed by atoms with Gasteiger partial charge in [0.05, 0.1) is 26.9 Å². The maximum Gasteiger partial charge on any atom is 0.244 e. The summed E-state index contributed by atoms with van der Waals surface area (Å²) < 4.78 is 16.1. The average molecular weight is 399 g/mol. The van der Waals surface area contributed by atoms with Gasteiger partial charge in [-0.25, -0.2) is 5.43 Å². The molecule has 0 aliphatic carbocycles. The first-order valence-electron chi connectivity index (χ1n) is 8.47. The van der Waals surface area contributed by atoms with E-state index in [1.807, 2.05) is 24.3 Å². The molecule has 0 fully saturated rings. The van der Waals surface area contributed by atoms with Gasteiger partial charge in [-0.15, -0.1) is 0 Å². The van der Waals surface area contributed by atoms with Crippen LogP contribution in [0.5, 0.6) is 11.5 Å². The van der Waals surface area contributed by atoms with Crippen LogP contribution in [0.15, 0.2) is 64.1 Å². The Bertz CT molecular complexity index is 998. The maximum absolute atomic E-state index is 12.1. The number of hydrazone groups is 1. The van der Waals surface area contributed by atoms with E-state index in [0.29, 0.717) is 28.0 Å². The van der Waals surface area contributed by atoms with Crippen LogP contribution in [0.1, 0.15) is 11.3 Å². The molecule has 0 unspecified atom stereocenters. The first-order chi connectivity index (χ1) is 13.6. The van der Waals surface area contributed by atoms with E-state index >= 15 is 0 Å². The molecule has 0 bridgehead atoms. The number of hydrogen-bond acceptors (Lipinski definition) is 5. The second kappa shape index (κ2) is 9.10. The fraction of sp³-hybridized carbons (Fsp3) is 0.143. The zero-order valence-corrected chi connectivity index (χ0v) is 16.2. The molecule has 0 saturated carbocycles. The number of nitrogens with zero attached hydrogens (tertiary/aromatic N) is 1. The number of carbonyl (C=O) groups is 1. The molecule has 0 spiro atoms. The van der Waals surface area contributed by atoms with Gasteiger partial charge in [0, 0.05) is 10.6 Å². The molecule has 2 aromatic carbocycles. The summed E-state index contributed by atoms with van der Waals surface area (Å²) in [5.41, 5.74) is 4.13. The van der Waals surface area contributed by atoms with Crippen LogP contribution in [0.3, 0.4) is 0 Å². The molecule has 0 saturated heterocycles.